The molecule has 0 spiro atoms. The molecule has 6 nitrogen and oxygen atoms in total. The molecule has 2 rings (SSSR count). The molecule has 1 saturated carbocycles. The molecule has 2 amide bonds. The van der Waals surface area contributed by atoms with Crippen LogP contribution in [-0.4, -0.2) is 29.9 Å². The molecule has 1 fully saturated rings. The van der Waals surface area contributed by atoms with Crippen molar-refractivity contribution in [2.45, 2.75) is 58.1 Å². The van der Waals surface area contributed by atoms with E-state index in [2.05, 4.69) is 10.6 Å². The van der Waals surface area contributed by atoms with Gasteiger partial charge in [-0.1, -0.05) is 19.3 Å². The Hall–Kier alpha value is -1.89. The Morgan fingerprint density at radius 1 is 1.22 bits per heavy atom. The van der Waals surface area contributed by atoms with E-state index < -0.39 is 12.1 Å². The zero-order valence-electron chi connectivity index (χ0n) is 13.4. The molecule has 1 aliphatic carbocycles. The third-order valence-corrected chi connectivity index (χ3v) is 4.69. The average Bonchev–Trinajstić information content (AvgIpc) is 2.96. The second kappa shape index (κ2) is 8.10. The van der Waals surface area contributed by atoms with Crippen molar-refractivity contribution < 1.29 is 19.1 Å². The number of anilines is 1. The van der Waals surface area contributed by atoms with Gasteiger partial charge in [0.05, 0.1) is 5.00 Å². The number of carbonyl (C=O) groups is 3. The number of thiophene rings is 1. The maximum absolute atomic E-state index is 12.1. The van der Waals surface area contributed by atoms with Crippen LogP contribution in [0, 0.1) is 0 Å². The lowest BCUT2D eigenvalue weighted by Gasteiger charge is -2.24. The van der Waals surface area contributed by atoms with E-state index in [1.165, 1.54) is 13.3 Å². The molecule has 0 bridgehead atoms. The van der Waals surface area contributed by atoms with Crippen molar-refractivity contribution in [2.24, 2.45) is 0 Å². The van der Waals surface area contributed by atoms with Crippen molar-refractivity contribution in [1.82, 2.24) is 5.32 Å². The quantitative estimate of drug-likeness (QED) is 0.809. The van der Waals surface area contributed by atoms with Crippen LogP contribution in [0.2, 0.25) is 0 Å². The van der Waals surface area contributed by atoms with Crippen molar-refractivity contribution in [2.75, 3.05) is 5.32 Å². The van der Waals surface area contributed by atoms with Gasteiger partial charge in [-0.05, 0) is 31.9 Å². The Labute approximate surface area is 139 Å². The van der Waals surface area contributed by atoms with Crippen molar-refractivity contribution in [1.29, 1.82) is 0 Å². The molecule has 23 heavy (non-hydrogen) atoms. The highest BCUT2D eigenvalue weighted by Gasteiger charge is 2.23. The summed E-state index contributed by atoms with van der Waals surface area (Å²) in [6.45, 7) is 2.97. The zero-order valence-corrected chi connectivity index (χ0v) is 14.2. The van der Waals surface area contributed by atoms with Crippen LogP contribution in [0.5, 0.6) is 0 Å². The van der Waals surface area contributed by atoms with Gasteiger partial charge in [0.1, 0.15) is 4.88 Å². The van der Waals surface area contributed by atoms with Gasteiger partial charge < -0.3 is 15.4 Å². The maximum atomic E-state index is 12.1. The van der Waals surface area contributed by atoms with Crippen LogP contribution in [0.4, 0.5) is 5.00 Å². The monoisotopic (exact) mass is 338 g/mol. The van der Waals surface area contributed by atoms with E-state index in [1.807, 2.05) is 0 Å². The summed E-state index contributed by atoms with van der Waals surface area (Å²) in [4.78, 5) is 35.5. The standard InChI is InChI=1S/C16H22N2O4S/c1-10(15(20)18-12-6-4-3-5-7-12)22-16(21)13-8-9-14(23-13)17-11(2)19/h8-10,12H,3-7H2,1-2H3,(H,17,19)(H,18,20)/t10-/m1/s1. The Bertz CT molecular complexity index is 578. The first-order chi connectivity index (χ1) is 11.0. The Morgan fingerprint density at radius 2 is 1.91 bits per heavy atom. The van der Waals surface area contributed by atoms with Gasteiger partial charge in [0.2, 0.25) is 5.91 Å². The minimum absolute atomic E-state index is 0.186. The molecule has 1 atom stereocenters. The van der Waals surface area contributed by atoms with Crippen LogP contribution in [0.1, 0.15) is 55.6 Å². The molecule has 7 heteroatoms. The van der Waals surface area contributed by atoms with Gasteiger partial charge in [-0.3, -0.25) is 9.59 Å². The number of hydrogen-bond acceptors (Lipinski definition) is 5. The normalized spacial score (nSPS) is 16.4. The first-order valence-electron chi connectivity index (χ1n) is 7.84. The van der Waals surface area contributed by atoms with E-state index in [0.29, 0.717) is 9.88 Å². The lowest BCUT2D eigenvalue weighted by Crippen LogP contribution is -2.42. The Balaban J connectivity index is 1.84. The fourth-order valence-corrected chi connectivity index (χ4v) is 3.36. The second-order valence-electron chi connectivity index (χ2n) is 5.74. The van der Waals surface area contributed by atoms with E-state index in [4.69, 9.17) is 4.74 Å². The average molecular weight is 338 g/mol. The third-order valence-electron chi connectivity index (χ3n) is 3.71. The van der Waals surface area contributed by atoms with E-state index >= 15 is 0 Å². The summed E-state index contributed by atoms with van der Waals surface area (Å²) in [5, 5.41) is 6.11. The molecule has 1 heterocycles. The summed E-state index contributed by atoms with van der Waals surface area (Å²) in [7, 11) is 0. The molecular weight excluding hydrogens is 316 g/mol. The molecule has 1 aromatic heterocycles. The molecule has 1 aliphatic rings. The molecular formula is C16H22N2O4S. The summed E-state index contributed by atoms with van der Waals surface area (Å²) in [6, 6.07) is 3.39. The lowest BCUT2D eigenvalue weighted by atomic mass is 9.95. The second-order valence-corrected chi connectivity index (χ2v) is 6.82. The molecule has 1 aromatic rings. The summed E-state index contributed by atoms with van der Waals surface area (Å²) in [5.74, 6) is -1.02. The topological polar surface area (TPSA) is 84.5 Å². The summed E-state index contributed by atoms with van der Waals surface area (Å²) >= 11 is 1.12. The van der Waals surface area contributed by atoms with Crippen LogP contribution in [0.25, 0.3) is 0 Å². The van der Waals surface area contributed by atoms with E-state index in [0.717, 1.165) is 37.0 Å². The molecule has 126 valence electrons. The van der Waals surface area contributed by atoms with Crippen molar-refractivity contribution in [3.8, 4) is 0 Å². The highest BCUT2D eigenvalue weighted by Crippen LogP contribution is 2.23. The van der Waals surface area contributed by atoms with Crippen LogP contribution in [-0.2, 0) is 14.3 Å². The van der Waals surface area contributed by atoms with Gasteiger partial charge in [0.15, 0.2) is 6.10 Å². The predicted octanol–water partition coefficient (Wildman–Crippen LogP) is 2.70. The molecule has 0 unspecified atom stereocenters. The summed E-state index contributed by atoms with van der Waals surface area (Å²) < 4.78 is 5.20. The number of ether oxygens (including phenoxy) is 1. The Kier molecular flexibility index (Phi) is 6.15. The fourth-order valence-electron chi connectivity index (χ4n) is 2.53. The van der Waals surface area contributed by atoms with Crippen molar-refractivity contribution in [3.05, 3.63) is 17.0 Å². The van der Waals surface area contributed by atoms with Crippen LogP contribution in [0.15, 0.2) is 12.1 Å². The van der Waals surface area contributed by atoms with E-state index in [-0.39, 0.29) is 17.9 Å². The van der Waals surface area contributed by atoms with E-state index in [1.54, 1.807) is 19.1 Å². The predicted molar refractivity (Wildman–Crippen MR) is 88.5 cm³/mol. The van der Waals surface area contributed by atoms with Gasteiger partial charge in [0, 0.05) is 13.0 Å². The SMILES string of the molecule is CC(=O)Nc1ccc(C(=O)O[C@H](C)C(=O)NC2CCCCC2)s1. The first-order valence-corrected chi connectivity index (χ1v) is 8.66. The number of rotatable bonds is 5. The number of nitrogens with one attached hydrogen (secondary N) is 2. The Morgan fingerprint density at radius 3 is 2.57 bits per heavy atom. The van der Waals surface area contributed by atoms with Crippen LogP contribution >= 0.6 is 11.3 Å². The van der Waals surface area contributed by atoms with Crippen molar-refractivity contribution in [3.63, 3.8) is 0 Å². The summed E-state index contributed by atoms with van der Waals surface area (Å²) in [6.07, 6.45) is 4.59. The molecule has 2 N–H and O–H groups in total. The number of esters is 1. The smallest absolute Gasteiger partial charge is 0.349 e. The molecule has 0 aromatic carbocycles. The lowest BCUT2D eigenvalue weighted by molar-refractivity contribution is -0.130. The third kappa shape index (κ3) is 5.35. The van der Waals surface area contributed by atoms with Gasteiger partial charge in [-0.15, -0.1) is 11.3 Å². The zero-order chi connectivity index (χ0) is 16.8. The van der Waals surface area contributed by atoms with Gasteiger partial charge in [0.25, 0.3) is 5.91 Å². The number of hydrogen-bond donors (Lipinski definition) is 2. The minimum Gasteiger partial charge on any atom is -0.448 e. The molecule has 0 saturated heterocycles. The van der Waals surface area contributed by atoms with Crippen LogP contribution in [0.3, 0.4) is 0 Å². The highest BCUT2D eigenvalue weighted by molar-refractivity contribution is 7.18. The largest absolute Gasteiger partial charge is 0.448 e. The van der Waals surface area contributed by atoms with Gasteiger partial charge in [-0.2, -0.15) is 0 Å². The first kappa shape index (κ1) is 17.5. The fraction of sp³-hybridized carbons (Fsp3) is 0.562. The number of carbonyl (C=O) groups excluding carboxylic acids is 3. The molecule has 0 radical (unpaired) electrons. The maximum Gasteiger partial charge on any atom is 0.349 e. The molecule has 0 aliphatic heterocycles. The summed E-state index contributed by atoms with van der Waals surface area (Å²) in [5.41, 5.74) is 0. The van der Waals surface area contributed by atoms with E-state index in [9.17, 15) is 14.4 Å². The van der Waals surface area contributed by atoms with Gasteiger partial charge >= 0.3 is 5.97 Å². The van der Waals surface area contributed by atoms with Crippen LogP contribution < -0.4 is 10.6 Å². The van der Waals surface area contributed by atoms with Crippen molar-refractivity contribution >= 4 is 34.1 Å². The highest BCUT2D eigenvalue weighted by atomic mass is 32.1. The minimum atomic E-state index is -0.837. The van der Waals surface area contributed by atoms with Gasteiger partial charge in [-0.25, -0.2) is 4.79 Å². The number of amides is 2.